The van der Waals surface area contributed by atoms with Crippen LogP contribution in [-0.2, 0) is 24.9 Å². The van der Waals surface area contributed by atoms with Gasteiger partial charge in [-0.2, -0.15) is 0 Å². The third-order valence-corrected chi connectivity index (χ3v) is 19.5. The number of carbonyl (C=O) groups is 1. The molecule has 1 heterocycles. The number of ether oxygens (including phenoxy) is 2. The monoisotopic (exact) mass is 719 g/mol. The van der Waals surface area contributed by atoms with Gasteiger partial charge in [-0.15, -0.1) is 0 Å². The number of methoxy groups -OCH3 is 1. The van der Waals surface area contributed by atoms with Crippen LogP contribution in [0.3, 0.4) is 0 Å². The maximum absolute atomic E-state index is 14.3. The van der Waals surface area contributed by atoms with Crippen molar-refractivity contribution in [1.82, 2.24) is 9.13 Å². The Balaban J connectivity index is 2.23. The zero-order valence-electron chi connectivity index (χ0n) is 32.1. The summed E-state index contributed by atoms with van der Waals surface area (Å²) in [6, 6.07) is 6.58. The van der Waals surface area contributed by atoms with Gasteiger partial charge in [-0.05, 0) is 81.2 Å². The zero-order valence-corrected chi connectivity index (χ0v) is 34.1. The molecule has 3 N–H and O–H groups in total. The third kappa shape index (κ3) is 9.42. The average Bonchev–Trinajstić information content (AvgIpc) is 3.28. The van der Waals surface area contributed by atoms with Crippen LogP contribution in [0.5, 0.6) is 5.75 Å². The maximum Gasteiger partial charge on any atom is 0.331 e. The van der Waals surface area contributed by atoms with Gasteiger partial charge in [0.15, 0.2) is 16.6 Å². The lowest BCUT2D eigenvalue weighted by Gasteiger charge is -2.45. The molecule has 0 spiro atoms. The summed E-state index contributed by atoms with van der Waals surface area (Å²) in [4.78, 5) is 40.7. The van der Waals surface area contributed by atoms with Crippen molar-refractivity contribution in [2.24, 2.45) is 11.7 Å². The minimum absolute atomic E-state index is 0.0580. The van der Waals surface area contributed by atoms with Crippen LogP contribution >= 0.6 is 0 Å². The van der Waals surface area contributed by atoms with Gasteiger partial charge in [-0.1, -0.05) is 53.7 Å². The summed E-state index contributed by atoms with van der Waals surface area (Å²) >= 11 is 0. The van der Waals surface area contributed by atoms with Crippen LogP contribution in [-0.4, -0.2) is 73.9 Å². The van der Waals surface area contributed by atoms with E-state index >= 15 is 0 Å². The molecule has 13 heteroatoms. The van der Waals surface area contributed by atoms with E-state index in [1.807, 2.05) is 12.1 Å². The van der Waals surface area contributed by atoms with Crippen LogP contribution in [0.1, 0.15) is 80.3 Å². The number of esters is 1. The largest absolute Gasteiger partial charge is 0.497 e. The average molecular weight is 720 g/mol. The second kappa shape index (κ2) is 14.6. The maximum atomic E-state index is 14.3. The molecule has 0 unspecified atom stereocenters. The first-order valence-electron chi connectivity index (χ1n) is 17.2. The van der Waals surface area contributed by atoms with Gasteiger partial charge in [0.2, 0.25) is 0 Å². The molecule has 0 saturated heterocycles. The molecule has 3 rings (SSSR count). The number of nitrogens with two attached hydrogens (primary N) is 1. The van der Waals surface area contributed by atoms with Crippen molar-refractivity contribution in [3.63, 3.8) is 0 Å². The lowest BCUT2D eigenvalue weighted by Crippen LogP contribution is -2.56. The van der Waals surface area contributed by atoms with E-state index in [1.54, 1.807) is 40.0 Å². The summed E-state index contributed by atoms with van der Waals surface area (Å²) < 4.78 is 27.9. The van der Waals surface area contributed by atoms with Gasteiger partial charge in [-0.25, -0.2) is 4.79 Å². The fourth-order valence-electron chi connectivity index (χ4n) is 5.57. The Morgan fingerprint density at radius 2 is 1.41 bits per heavy atom. The van der Waals surface area contributed by atoms with Crippen molar-refractivity contribution in [2.75, 3.05) is 7.11 Å². The van der Waals surface area contributed by atoms with E-state index in [0.29, 0.717) is 5.75 Å². The van der Waals surface area contributed by atoms with E-state index < -0.39 is 75.8 Å². The van der Waals surface area contributed by atoms with E-state index in [0.717, 1.165) is 5.56 Å². The second-order valence-electron chi connectivity index (χ2n) is 17.5. The summed E-state index contributed by atoms with van der Waals surface area (Å²) in [6.07, 6.45) is -1.03. The number of aliphatic hydroxyl groups excluding tert-OH is 1. The van der Waals surface area contributed by atoms with Crippen molar-refractivity contribution in [1.29, 1.82) is 0 Å². The molecule has 0 amide bonds. The van der Waals surface area contributed by atoms with E-state index in [1.165, 1.54) is 21.4 Å². The minimum Gasteiger partial charge on any atom is -0.497 e. The van der Waals surface area contributed by atoms with Gasteiger partial charge in [-0.3, -0.25) is 18.7 Å². The molecule has 1 aromatic carbocycles. The molecule has 1 aliphatic carbocycles. The molecule has 1 aliphatic rings. The van der Waals surface area contributed by atoms with Crippen LogP contribution < -0.4 is 21.7 Å². The highest BCUT2D eigenvalue weighted by atomic mass is 28.4. The summed E-state index contributed by atoms with van der Waals surface area (Å²) in [6.45, 7) is 26.6. The summed E-state index contributed by atoms with van der Waals surface area (Å²) in [5, 5.41) is 11.5. The van der Waals surface area contributed by atoms with Crippen molar-refractivity contribution < 1.29 is 28.2 Å². The molecule has 11 nitrogen and oxygen atoms in total. The van der Waals surface area contributed by atoms with Crippen LogP contribution in [0.4, 0.5) is 0 Å². The van der Waals surface area contributed by atoms with Gasteiger partial charge < -0.3 is 29.2 Å². The molecule has 1 fully saturated rings. The third-order valence-electron chi connectivity index (χ3n) is 10.6. The Morgan fingerprint density at radius 3 is 1.88 bits per heavy atom. The number of nitrogens with zero attached hydrogens (tertiary/aromatic N) is 2. The Bertz CT molecular complexity index is 1570. The van der Waals surface area contributed by atoms with Crippen LogP contribution in [0.2, 0.25) is 36.3 Å². The van der Waals surface area contributed by atoms with E-state index in [9.17, 15) is 19.5 Å². The molecule has 0 aliphatic heterocycles. The van der Waals surface area contributed by atoms with Gasteiger partial charge in [0.05, 0.1) is 38.0 Å². The van der Waals surface area contributed by atoms with Gasteiger partial charge >= 0.3 is 11.7 Å². The van der Waals surface area contributed by atoms with E-state index in [2.05, 4.69) is 67.7 Å². The fraction of sp³-hybridized carbons (Fsp3) is 0.694. The first-order valence-corrected chi connectivity index (χ1v) is 23.0. The lowest BCUT2D eigenvalue weighted by molar-refractivity contribution is -0.161. The molecular weight excluding hydrogens is 659 g/mol. The van der Waals surface area contributed by atoms with E-state index in [-0.39, 0.29) is 23.0 Å². The van der Waals surface area contributed by atoms with Gasteiger partial charge in [0.1, 0.15) is 17.4 Å². The van der Waals surface area contributed by atoms with Crippen molar-refractivity contribution in [2.45, 2.75) is 148 Å². The number of hydrogen-bond acceptors (Lipinski definition) is 9. The fourth-order valence-corrected chi connectivity index (χ4v) is 8.24. The first-order chi connectivity index (χ1) is 22.2. The Kier molecular flexibility index (Phi) is 12.2. The predicted octanol–water partition coefficient (Wildman–Crippen LogP) is 5.44. The lowest BCUT2D eigenvalue weighted by atomic mass is 9.92. The summed E-state index contributed by atoms with van der Waals surface area (Å²) in [5.41, 5.74) is 5.46. The molecule has 6 atom stereocenters. The number of carbonyl (C=O) groups excluding carboxylic acids is 1. The van der Waals surface area contributed by atoms with Crippen LogP contribution in [0.25, 0.3) is 0 Å². The Morgan fingerprint density at radius 1 is 0.898 bits per heavy atom. The number of hydrogen-bond donors (Lipinski definition) is 2. The normalized spacial score (nSPS) is 22.1. The Labute approximate surface area is 294 Å². The molecule has 49 heavy (non-hydrogen) atoms. The molecule has 1 aromatic heterocycles. The van der Waals surface area contributed by atoms with Crippen molar-refractivity contribution in [3.8, 4) is 5.75 Å². The smallest absolute Gasteiger partial charge is 0.331 e. The topological polar surface area (TPSA) is 144 Å². The van der Waals surface area contributed by atoms with Gasteiger partial charge in [0, 0.05) is 18.2 Å². The number of benzene rings is 1. The van der Waals surface area contributed by atoms with Crippen LogP contribution in [0, 0.1) is 5.92 Å². The SMILES string of the molecule is COc1ccc(Cn2c(=O)ccn([C@@H]3C[C@H]([C@H](O)[C@H](N)C(=O)OC(C)(C)C)[C@@H](O[Si](C)(C)C(C)(C)C)[C@H]3O[Si](C)(C)C(C)(C)C)c2=O)cc1. The molecule has 276 valence electrons. The zero-order chi connectivity index (χ0) is 37.5. The Hall–Kier alpha value is -2.56. The molecule has 0 radical (unpaired) electrons. The summed E-state index contributed by atoms with van der Waals surface area (Å²) in [7, 11) is -3.48. The quantitative estimate of drug-likeness (QED) is 0.229. The summed E-state index contributed by atoms with van der Waals surface area (Å²) in [5.74, 6) is -0.744. The molecule has 0 bridgehead atoms. The highest BCUT2D eigenvalue weighted by Gasteiger charge is 2.56. The van der Waals surface area contributed by atoms with E-state index in [4.69, 9.17) is 24.1 Å². The number of aliphatic hydroxyl groups is 1. The standard InChI is InChI=1S/C36H61N3O8Si2/c1-34(2,3)45-32(42)28(37)29(41)25-21-26(31(47-49(13,14)36(7,8)9)30(25)46-48(11,12)35(4,5)6)38-20-19-27(40)39(33(38)43)22-23-15-17-24(44-10)18-16-23/h15-20,25-26,28-31,41H,21-22,37H2,1-14H3/t25-,26-,28+,29+,30-,31+/m1/s1. The number of rotatable bonds is 11. The van der Waals surface area contributed by atoms with Crippen molar-refractivity contribution >= 4 is 22.6 Å². The van der Waals surface area contributed by atoms with Crippen molar-refractivity contribution in [3.05, 3.63) is 62.9 Å². The number of aromatic nitrogens is 2. The molecule has 2 aromatic rings. The minimum atomic E-state index is -2.53. The molecular formula is C36H61N3O8Si2. The van der Waals surface area contributed by atoms with Crippen LogP contribution in [0.15, 0.2) is 46.1 Å². The highest BCUT2D eigenvalue weighted by molar-refractivity contribution is 6.74. The predicted molar refractivity (Wildman–Crippen MR) is 198 cm³/mol. The van der Waals surface area contributed by atoms with Gasteiger partial charge in [0.25, 0.3) is 5.56 Å². The second-order valence-corrected chi connectivity index (χ2v) is 27.0. The first kappa shape index (κ1) is 40.9. The molecule has 1 saturated carbocycles. The highest BCUT2D eigenvalue weighted by Crippen LogP contribution is 2.48.